The van der Waals surface area contributed by atoms with Gasteiger partial charge in [-0.05, 0) is 20.9 Å². The first-order chi connectivity index (χ1) is 4.16. The van der Waals surface area contributed by atoms with Crippen LogP contribution in [-0.4, -0.2) is 19.7 Å². The first-order valence-corrected chi connectivity index (χ1v) is 3.16. The van der Waals surface area contributed by atoms with E-state index in [2.05, 4.69) is 11.9 Å². The lowest BCUT2D eigenvalue weighted by Crippen LogP contribution is -2.14. The summed E-state index contributed by atoms with van der Waals surface area (Å²) in [4.78, 5) is 0. The van der Waals surface area contributed by atoms with Crippen molar-refractivity contribution in [1.29, 1.82) is 0 Å². The fraction of sp³-hybridized carbons (Fsp3) is 0.714. The standard InChI is InChI=1S/C7H15NO/c1-6(2)9-7(3)5-8-4/h6,8H,3,5H2,1-2,4H3. The molecule has 0 saturated heterocycles. The fourth-order valence-electron chi connectivity index (χ4n) is 0.572. The third-order valence-corrected chi connectivity index (χ3v) is 0.776. The van der Waals surface area contributed by atoms with Crippen LogP contribution >= 0.6 is 0 Å². The average Bonchev–Trinajstić information content (AvgIpc) is 1.63. The Balaban J connectivity index is 3.27. The molecule has 0 aliphatic carbocycles. The fourth-order valence-corrected chi connectivity index (χ4v) is 0.572. The molecule has 0 aliphatic heterocycles. The molecular weight excluding hydrogens is 114 g/mol. The normalized spacial score (nSPS) is 9.78. The van der Waals surface area contributed by atoms with Gasteiger partial charge in [-0.1, -0.05) is 6.58 Å². The van der Waals surface area contributed by atoms with Crippen LogP contribution in [0.25, 0.3) is 0 Å². The van der Waals surface area contributed by atoms with Gasteiger partial charge in [-0.3, -0.25) is 0 Å². The topological polar surface area (TPSA) is 21.3 Å². The van der Waals surface area contributed by atoms with Gasteiger partial charge >= 0.3 is 0 Å². The summed E-state index contributed by atoms with van der Waals surface area (Å²) in [7, 11) is 1.87. The molecule has 54 valence electrons. The summed E-state index contributed by atoms with van der Waals surface area (Å²) in [6, 6.07) is 0. The predicted octanol–water partition coefficient (Wildman–Crippen LogP) is 1.14. The second-order valence-electron chi connectivity index (χ2n) is 2.24. The maximum atomic E-state index is 5.23. The van der Waals surface area contributed by atoms with Crippen molar-refractivity contribution in [3.63, 3.8) is 0 Å². The van der Waals surface area contributed by atoms with E-state index in [1.807, 2.05) is 20.9 Å². The molecule has 0 amide bonds. The number of hydrogen-bond acceptors (Lipinski definition) is 2. The molecule has 2 nitrogen and oxygen atoms in total. The van der Waals surface area contributed by atoms with Crippen molar-refractivity contribution in [2.24, 2.45) is 0 Å². The molecule has 0 heterocycles. The van der Waals surface area contributed by atoms with E-state index in [4.69, 9.17) is 4.74 Å². The van der Waals surface area contributed by atoms with Crippen molar-refractivity contribution < 1.29 is 4.74 Å². The van der Waals surface area contributed by atoms with Crippen LogP contribution in [0.2, 0.25) is 0 Å². The quantitative estimate of drug-likeness (QED) is 0.575. The van der Waals surface area contributed by atoms with Crippen LogP contribution in [0.3, 0.4) is 0 Å². The molecule has 0 aromatic heterocycles. The summed E-state index contributed by atoms with van der Waals surface area (Å²) in [5.74, 6) is 0.799. The Morgan fingerprint density at radius 2 is 2.22 bits per heavy atom. The molecule has 0 bridgehead atoms. The summed E-state index contributed by atoms with van der Waals surface area (Å²) in [5, 5.41) is 2.95. The molecule has 1 N–H and O–H groups in total. The lowest BCUT2D eigenvalue weighted by atomic mass is 10.4. The lowest BCUT2D eigenvalue weighted by molar-refractivity contribution is 0.144. The summed E-state index contributed by atoms with van der Waals surface area (Å²) < 4.78 is 5.23. The van der Waals surface area contributed by atoms with E-state index in [0.717, 1.165) is 12.3 Å². The van der Waals surface area contributed by atoms with Gasteiger partial charge < -0.3 is 10.1 Å². The first kappa shape index (κ1) is 8.50. The Bertz CT molecular complexity index is 88.9. The molecule has 0 radical (unpaired) electrons. The van der Waals surface area contributed by atoms with E-state index >= 15 is 0 Å². The molecule has 2 heteroatoms. The highest BCUT2D eigenvalue weighted by atomic mass is 16.5. The monoisotopic (exact) mass is 129 g/mol. The van der Waals surface area contributed by atoms with Gasteiger partial charge in [0, 0.05) is 0 Å². The minimum atomic E-state index is 0.242. The van der Waals surface area contributed by atoms with Gasteiger partial charge in [0.05, 0.1) is 12.6 Å². The van der Waals surface area contributed by atoms with Crippen LogP contribution in [0.15, 0.2) is 12.3 Å². The van der Waals surface area contributed by atoms with Gasteiger partial charge in [0.15, 0.2) is 0 Å². The van der Waals surface area contributed by atoms with Crippen LogP contribution in [0.1, 0.15) is 13.8 Å². The van der Waals surface area contributed by atoms with Crippen molar-refractivity contribution in [3.8, 4) is 0 Å². The van der Waals surface area contributed by atoms with Gasteiger partial charge in [-0.2, -0.15) is 0 Å². The number of hydrogen-bond donors (Lipinski definition) is 1. The van der Waals surface area contributed by atoms with Gasteiger partial charge in [0.1, 0.15) is 5.76 Å². The zero-order chi connectivity index (χ0) is 7.28. The van der Waals surface area contributed by atoms with Gasteiger partial charge in [-0.15, -0.1) is 0 Å². The minimum Gasteiger partial charge on any atom is -0.495 e. The number of likely N-dealkylation sites (N-methyl/N-ethyl adjacent to an activating group) is 1. The second kappa shape index (κ2) is 4.39. The molecule has 0 saturated carbocycles. The molecule has 0 atom stereocenters. The summed E-state index contributed by atoms with van der Waals surface area (Å²) in [6.45, 7) is 8.41. The average molecular weight is 129 g/mol. The zero-order valence-electron chi connectivity index (χ0n) is 6.40. The summed E-state index contributed by atoms with van der Waals surface area (Å²) >= 11 is 0. The molecule has 0 spiro atoms. The van der Waals surface area contributed by atoms with E-state index in [9.17, 15) is 0 Å². The zero-order valence-corrected chi connectivity index (χ0v) is 6.40. The largest absolute Gasteiger partial charge is 0.495 e. The molecule has 0 rings (SSSR count). The highest BCUT2D eigenvalue weighted by Gasteiger charge is 1.94. The highest BCUT2D eigenvalue weighted by molar-refractivity contribution is 4.84. The van der Waals surface area contributed by atoms with E-state index in [0.29, 0.717) is 0 Å². The van der Waals surface area contributed by atoms with Crippen LogP contribution in [0, 0.1) is 0 Å². The van der Waals surface area contributed by atoms with Crippen molar-refractivity contribution in [2.75, 3.05) is 13.6 Å². The molecule has 0 aliphatic rings. The van der Waals surface area contributed by atoms with Crippen molar-refractivity contribution in [2.45, 2.75) is 20.0 Å². The molecule has 0 aromatic rings. The minimum absolute atomic E-state index is 0.242. The van der Waals surface area contributed by atoms with Crippen molar-refractivity contribution >= 4 is 0 Å². The summed E-state index contributed by atoms with van der Waals surface area (Å²) in [6.07, 6.45) is 0.242. The Morgan fingerprint density at radius 1 is 1.67 bits per heavy atom. The van der Waals surface area contributed by atoms with E-state index < -0.39 is 0 Å². The van der Waals surface area contributed by atoms with Gasteiger partial charge in [-0.25, -0.2) is 0 Å². The van der Waals surface area contributed by atoms with Crippen LogP contribution in [-0.2, 0) is 4.74 Å². The maximum Gasteiger partial charge on any atom is 0.103 e. The number of nitrogens with one attached hydrogen (secondary N) is 1. The number of rotatable bonds is 4. The third kappa shape index (κ3) is 5.37. The lowest BCUT2D eigenvalue weighted by Gasteiger charge is -2.10. The van der Waals surface area contributed by atoms with Crippen molar-refractivity contribution in [3.05, 3.63) is 12.3 Å². The Hall–Kier alpha value is -0.500. The predicted molar refractivity (Wildman–Crippen MR) is 39.3 cm³/mol. The molecular formula is C7H15NO. The Kier molecular flexibility index (Phi) is 4.14. The van der Waals surface area contributed by atoms with E-state index in [-0.39, 0.29) is 6.10 Å². The Labute approximate surface area is 56.9 Å². The molecule has 0 unspecified atom stereocenters. The molecule has 0 fully saturated rings. The highest BCUT2D eigenvalue weighted by Crippen LogP contribution is 1.96. The SMILES string of the molecule is C=C(CNC)OC(C)C. The second-order valence-corrected chi connectivity index (χ2v) is 2.24. The van der Waals surface area contributed by atoms with Crippen LogP contribution < -0.4 is 5.32 Å². The van der Waals surface area contributed by atoms with Crippen LogP contribution in [0.4, 0.5) is 0 Å². The third-order valence-electron chi connectivity index (χ3n) is 0.776. The smallest absolute Gasteiger partial charge is 0.103 e. The molecule has 0 aromatic carbocycles. The van der Waals surface area contributed by atoms with E-state index in [1.54, 1.807) is 0 Å². The summed E-state index contributed by atoms with van der Waals surface area (Å²) in [5.41, 5.74) is 0. The van der Waals surface area contributed by atoms with Gasteiger partial charge in [0.2, 0.25) is 0 Å². The maximum absolute atomic E-state index is 5.23. The van der Waals surface area contributed by atoms with Crippen LogP contribution in [0.5, 0.6) is 0 Å². The van der Waals surface area contributed by atoms with Gasteiger partial charge in [0.25, 0.3) is 0 Å². The van der Waals surface area contributed by atoms with E-state index in [1.165, 1.54) is 0 Å². The first-order valence-electron chi connectivity index (χ1n) is 3.16. The van der Waals surface area contributed by atoms with Crippen molar-refractivity contribution in [1.82, 2.24) is 5.32 Å². The Morgan fingerprint density at radius 3 is 2.56 bits per heavy atom. The number of ether oxygens (including phenoxy) is 1. The molecule has 9 heavy (non-hydrogen) atoms.